The van der Waals surface area contributed by atoms with Crippen molar-refractivity contribution in [2.45, 2.75) is 50.4 Å². The number of phenols is 1. The minimum atomic E-state index is -2.66. The summed E-state index contributed by atoms with van der Waals surface area (Å²) in [4.78, 5) is 45.3. The van der Waals surface area contributed by atoms with E-state index in [-0.39, 0.29) is 35.8 Å². The molecule has 5 atom stereocenters. The number of Topliss-reactive ketones (excluding diaryl/α,β-unsaturated/α-hetero) is 2. The van der Waals surface area contributed by atoms with Gasteiger partial charge >= 0.3 is 0 Å². The van der Waals surface area contributed by atoms with Crippen LogP contribution in [0.2, 0.25) is 0 Å². The Morgan fingerprint density at radius 1 is 1.17 bits per heavy atom. The second-order valence-corrected chi connectivity index (χ2v) is 12.2. The number of carbonyl (C=O) groups excluding carboxylic acids is 3. The minimum Gasteiger partial charge on any atom is -0.508 e. The molecule has 0 aromatic heterocycles. The number of aromatic hydroxyl groups is 1. The number of carbonyl (C=O) groups is 3. The molecule has 1 saturated heterocycles. The lowest BCUT2D eigenvalue weighted by Gasteiger charge is -2.50. The normalized spacial score (nSPS) is 29.2. The van der Waals surface area contributed by atoms with E-state index < -0.39 is 58.0 Å². The number of hydrogen-bond acceptors (Lipinski definition) is 11. The summed E-state index contributed by atoms with van der Waals surface area (Å²) < 4.78 is 5.60. The van der Waals surface area contributed by atoms with E-state index in [1.165, 1.54) is 4.90 Å². The average molecular weight is 585 g/mol. The highest BCUT2D eigenvalue weighted by Crippen LogP contribution is 2.54. The number of ketones is 2. The Morgan fingerprint density at radius 2 is 1.86 bits per heavy atom. The number of nitrogens with two attached hydrogens (primary N) is 1. The van der Waals surface area contributed by atoms with Crippen LogP contribution in [0, 0.1) is 11.8 Å². The van der Waals surface area contributed by atoms with E-state index in [9.17, 15) is 34.8 Å². The van der Waals surface area contributed by atoms with Gasteiger partial charge in [-0.05, 0) is 63.0 Å². The molecule has 0 spiro atoms. The second-order valence-electron chi connectivity index (χ2n) is 12.2. The molecular formula is C30H40N4O8. The van der Waals surface area contributed by atoms with E-state index >= 15 is 0 Å². The molecule has 12 nitrogen and oxygen atoms in total. The molecule has 1 amide bonds. The van der Waals surface area contributed by atoms with Crippen molar-refractivity contribution in [3.05, 3.63) is 39.7 Å². The average Bonchev–Trinajstić information content (AvgIpc) is 3.43. The van der Waals surface area contributed by atoms with Gasteiger partial charge in [-0.2, -0.15) is 0 Å². The molecule has 1 aliphatic heterocycles. The van der Waals surface area contributed by atoms with E-state index in [2.05, 4.69) is 11.8 Å². The third kappa shape index (κ3) is 4.31. The van der Waals surface area contributed by atoms with Crippen molar-refractivity contribution in [3.63, 3.8) is 0 Å². The molecule has 1 saturated carbocycles. The van der Waals surface area contributed by atoms with Crippen molar-refractivity contribution in [1.29, 1.82) is 0 Å². The molecule has 6 N–H and O–H groups in total. The quantitative estimate of drug-likeness (QED) is 0.284. The first-order valence-electron chi connectivity index (χ1n) is 14.3. The number of nitrogens with zero attached hydrogens (tertiary/aromatic N) is 3. The molecule has 228 valence electrons. The van der Waals surface area contributed by atoms with Gasteiger partial charge in [-0.1, -0.05) is 6.92 Å². The molecule has 5 rings (SSSR count). The molecule has 3 aliphatic carbocycles. The molecule has 12 heteroatoms. The van der Waals surface area contributed by atoms with Crippen molar-refractivity contribution in [2.75, 3.05) is 52.8 Å². The number of hydrogen-bond donors (Lipinski definition) is 5. The topological polar surface area (TPSA) is 177 Å². The summed E-state index contributed by atoms with van der Waals surface area (Å²) in [7, 11) is 6.91. The lowest BCUT2D eigenvalue weighted by atomic mass is 9.57. The minimum absolute atomic E-state index is 0.0458. The van der Waals surface area contributed by atoms with Crippen LogP contribution in [-0.2, 0) is 32.1 Å². The third-order valence-electron chi connectivity index (χ3n) is 9.42. The molecule has 4 aliphatic rings. The van der Waals surface area contributed by atoms with Crippen LogP contribution in [0.4, 0.5) is 5.69 Å². The van der Waals surface area contributed by atoms with Crippen LogP contribution >= 0.6 is 0 Å². The number of aliphatic hydroxyl groups excluding tert-OH is 2. The number of ether oxygens (including phenoxy) is 1. The SMILES string of the molecule is CCN(Cc1cc(O)c2c(c1N(C)C)C[C@H]1C[C@H]3[C@H](N(C)C)C(=O)C(C(N)=O)=C(O)[C@@]3(O)C(=O)C1=C2O)[C@@H]1CCOC1. The zero-order valence-electron chi connectivity index (χ0n) is 24.7. The summed E-state index contributed by atoms with van der Waals surface area (Å²) in [5.41, 5.74) is 4.15. The Kier molecular flexibility index (Phi) is 7.63. The summed E-state index contributed by atoms with van der Waals surface area (Å²) in [5.74, 6) is -6.60. The Hall–Kier alpha value is -3.45. The first-order valence-corrected chi connectivity index (χ1v) is 14.3. The van der Waals surface area contributed by atoms with Gasteiger partial charge in [-0.3, -0.25) is 24.2 Å². The summed E-state index contributed by atoms with van der Waals surface area (Å²) in [6.45, 7) is 4.71. The Balaban J connectivity index is 1.67. The standard InChI is InChI=1S/C30H40N4O8/c1-6-34(16-7-8-42-13-16)12-15-11-19(35)21-17(23(15)32(2)3)9-14-10-18-24(33(4)5)26(37)22(29(31)40)28(39)30(18,41)27(38)20(14)25(21)36/h11,14,16,18,24,35-36,39,41H,6-10,12-13H2,1-5H3,(H2,31,40)/t14-,16+,18-,24-,30-/m0/s1. The van der Waals surface area contributed by atoms with Gasteiger partial charge in [-0.25, -0.2) is 0 Å². The van der Waals surface area contributed by atoms with Crippen molar-refractivity contribution in [3.8, 4) is 5.75 Å². The molecule has 1 aromatic carbocycles. The number of likely N-dealkylation sites (N-methyl/N-ethyl adjacent to an activating group) is 2. The van der Waals surface area contributed by atoms with Gasteiger partial charge in [0.1, 0.15) is 22.8 Å². The fourth-order valence-electron chi connectivity index (χ4n) is 7.57. The first kappa shape index (κ1) is 30.0. The van der Waals surface area contributed by atoms with Crippen LogP contribution in [0.15, 0.2) is 23.0 Å². The number of anilines is 1. The van der Waals surface area contributed by atoms with Gasteiger partial charge in [0, 0.05) is 50.5 Å². The smallest absolute Gasteiger partial charge is 0.255 e. The molecular weight excluding hydrogens is 544 g/mol. The first-order chi connectivity index (χ1) is 19.7. The largest absolute Gasteiger partial charge is 0.508 e. The second kappa shape index (κ2) is 10.7. The van der Waals surface area contributed by atoms with Crippen molar-refractivity contribution < 1.29 is 39.5 Å². The number of benzene rings is 1. The third-order valence-corrected chi connectivity index (χ3v) is 9.42. The summed E-state index contributed by atoms with van der Waals surface area (Å²) >= 11 is 0. The van der Waals surface area contributed by atoms with E-state index in [1.54, 1.807) is 20.2 Å². The van der Waals surface area contributed by atoms with Gasteiger partial charge in [0.25, 0.3) is 5.91 Å². The maximum atomic E-state index is 14.1. The Labute approximate surface area is 244 Å². The highest BCUT2D eigenvalue weighted by Gasteiger charge is 2.64. The number of primary amides is 1. The van der Waals surface area contributed by atoms with Crippen molar-refractivity contribution in [1.82, 2.24) is 9.80 Å². The molecule has 2 fully saturated rings. The van der Waals surface area contributed by atoms with E-state index in [0.717, 1.165) is 24.2 Å². The Morgan fingerprint density at radius 3 is 2.40 bits per heavy atom. The van der Waals surface area contributed by atoms with Gasteiger partial charge in [0.15, 0.2) is 11.4 Å². The lowest BCUT2D eigenvalue weighted by Crippen LogP contribution is -2.65. The number of phenolic OH excluding ortho intramolecular Hbond substituents is 1. The fraction of sp³-hybridized carbons (Fsp3) is 0.567. The van der Waals surface area contributed by atoms with E-state index in [1.807, 2.05) is 19.0 Å². The van der Waals surface area contributed by atoms with Crippen molar-refractivity contribution >= 4 is 28.9 Å². The van der Waals surface area contributed by atoms with Gasteiger partial charge in [0.05, 0.1) is 18.2 Å². The molecule has 0 bridgehead atoms. The summed E-state index contributed by atoms with van der Waals surface area (Å²) in [5, 5.41) is 45.6. The van der Waals surface area contributed by atoms with Gasteiger partial charge in [-0.15, -0.1) is 0 Å². The highest BCUT2D eigenvalue weighted by atomic mass is 16.5. The Bertz CT molecular complexity index is 1410. The number of amides is 1. The maximum absolute atomic E-state index is 14.1. The monoisotopic (exact) mass is 584 g/mol. The van der Waals surface area contributed by atoms with Crippen LogP contribution in [0.5, 0.6) is 5.75 Å². The predicted molar refractivity (Wildman–Crippen MR) is 154 cm³/mol. The van der Waals surface area contributed by atoms with Gasteiger partial charge in [0.2, 0.25) is 5.78 Å². The number of fused-ring (bicyclic) bond motifs is 3. The predicted octanol–water partition coefficient (Wildman–Crippen LogP) is 0.641. The number of rotatable bonds is 7. The summed E-state index contributed by atoms with van der Waals surface area (Å²) in [6.07, 6.45) is 1.19. The van der Waals surface area contributed by atoms with Gasteiger partial charge < -0.3 is 35.8 Å². The molecule has 0 radical (unpaired) electrons. The molecule has 1 heterocycles. The molecule has 1 aromatic rings. The van der Waals surface area contributed by atoms with Crippen LogP contribution in [0.25, 0.3) is 5.76 Å². The van der Waals surface area contributed by atoms with Crippen LogP contribution in [0.1, 0.15) is 36.5 Å². The van der Waals surface area contributed by atoms with E-state index in [0.29, 0.717) is 25.3 Å². The zero-order chi connectivity index (χ0) is 30.8. The lowest BCUT2D eigenvalue weighted by molar-refractivity contribution is -0.153. The van der Waals surface area contributed by atoms with Crippen LogP contribution in [0.3, 0.4) is 0 Å². The van der Waals surface area contributed by atoms with Crippen LogP contribution < -0.4 is 10.6 Å². The molecule has 0 unspecified atom stereocenters. The zero-order valence-corrected chi connectivity index (χ0v) is 24.7. The molecule has 42 heavy (non-hydrogen) atoms. The highest BCUT2D eigenvalue weighted by molar-refractivity contribution is 6.24. The summed E-state index contributed by atoms with van der Waals surface area (Å²) in [6, 6.07) is 0.718. The van der Waals surface area contributed by atoms with E-state index in [4.69, 9.17) is 10.5 Å². The number of aliphatic hydroxyl groups is 3. The fourth-order valence-corrected chi connectivity index (χ4v) is 7.57. The maximum Gasteiger partial charge on any atom is 0.255 e. The van der Waals surface area contributed by atoms with Crippen LogP contribution in [-0.4, -0.2) is 113 Å². The van der Waals surface area contributed by atoms with Crippen molar-refractivity contribution in [2.24, 2.45) is 17.6 Å².